The summed E-state index contributed by atoms with van der Waals surface area (Å²) < 4.78 is 5.21. The van der Waals surface area contributed by atoms with Crippen LogP contribution in [0, 0.1) is 0 Å². The van der Waals surface area contributed by atoms with Crippen molar-refractivity contribution in [1.82, 2.24) is 0 Å². The van der Waals surface area contributed by atoms with Crippen molar-refractivity contribution < 1.29 is 25.2 Å². The first-order valence-corrected chi connectivity index (χ1v) is 5.03. The highest BCUT2D eigenvalue weighted by molar-refractivity contribution is 5.35. The Kier molecular flexibility index (Phi) is 2.96. The molecule has 4 N–H and O–H groups in total. The van der Waals surface area contributed by atoms with Gasteiger partial charge in [-0.05, 0) is 17.5 Å². The van der Waals surface area contributed by atoms with Gasteiger partial charge in [0.05, 0.1) is 6.61 Å². The van der Waals surface area contributed by atoms with Crippen LogP contribution in [-0.4, -0.2) is 39.6 Å². The second-order valence-corrected chi connectivity index (χ2v) is 3.80. The van der Waals surface area contributed by atoms with E-state index in [1.54, 1.807) is 18.2 Å². The van der Waals surface area contributed by atoms with Gasteiger partial charge >= 0.3 is 0 Å². The van der Waals surface area contributed by atoms with Crippen LogP contribution in [0.2, 0.25) is 0 Å². The molecule has 0 unspecified atom stereocenters. The summed E-state index contributed by atoms with van der Waals surface area (Å²) >= 11 is 0. The zero-order valence-electron chi connectivity index (χ0n) is 8.58. The van der Waals surface area contributed by atoms with Crippen molar-refractivity contribution in [2.75, 3.05) is 6.61 Å². The minimum atomic E-state index is -1.99. The van der Waals surface area contributed by atoms with E-state index in [0.717, 1.165) is 5.56 Å². The third kappa shape index (κ3) is 1.53. The van der Waals surface area contributed by atoms with Crippen LogP contribution in [0.4, 0.5) is 0 Å². The molecule has 0 atom stereocenters. The molecule has 0 saturated carbocycles. The number of hydrogen-bond donors (Lipinski definition) is 4. The predicted octanol–water partition coefficient (Wildman–Crippen LogP) is -0.924. The van der Waals surface area contributed by atoms with E-state index in [1.165, 1.54) is 0 Å². The Balaban J connectivity index is 2.57. The molecule has 2 rings (SSSR count). The van der Waals surface area contributed by atoms with E-state index in [9.17, 15) is 20.4 Å². The van der Waals surface area contributed by atoms with E-state index in [-0.39, 0.29) is 6.61 Å². The van der Waals surface area contributed by atoms with Gasteiger partial charge in [0, 0.05) is 0 Å². The van der Waals surface area contributed by atoms with Gasteiger partial charge in [-0.15, -0.1) is 0 Å². The SMILES string of the molecule is OC(O)C1(C(O)O)OCCc2ccccc21. The Hall–Kier alpha value is -0.980. The summed E-state index contributed by atoms with van der Waals surface area (Å²) in [6.45, 7) is 0.215. The van der Waals surface area contributed by atoms with Crippen LogP contribution in [0.1, 0.15) is 11.1 Å². The Morgan fingerprint density at radius 3 is 2.31 bits per heavy atom. The highest BCUT2D eigenvalue weighted by atomic mass is 16.6. The number of ether oxygens (including phenoxy) is 1. The van der Waals surface area contributed by atoms with Gasteiger partial charge in [0.2, 0.25) is 0 Å². The molecule has 1 aliphatic heterocycles. The largest absolute Gasteiger partial charge is 0.365 e. The molecular formula is C11H14O5. The standard InChI is InChI=1S/C11H14O5/c12-9(13)11(10(14)15)8-4-2-1-3-7(8)5-6-16-11/h1-4,9-10,12-15H,5-6H2. The summed E-state index contributed by atoms with van der Waals surface area (Å²) in [5.41, 5.74) is -0.629. The van der Waals surface area contributed by atoms with Crippen LogP contribution < -0.4 is 0 Å². The fourth-order valence-electron chi connectivity index (χ4n) is 2.09. The smallest absolute Gasteiger partial charge is 0.194 e. The monoisotopic (exact) mass is 226 g/mol. The van der Waals surface area contributed by atoms with Crippen LogP contribution in [-0.2, 0) is 16.8 Å². The zero-order chi connectivity index (χ0) is 11.8. The molecule has 0 aliphatic carbocycles. The first kappa shape index (κ1) is 11.5. The van der Waals surface area contributed by atoms with Crippen LogP contribution >= 0.6 is 0 Å². The molecule has 0 fully saturated rings. The number of fused-ring (bicyclic) bond motifs is 1. The zero-order valence-corrected chi connectivity index (χ0v) is 8.58. The number of rotatable bonds is 2. The first-order valence-electron chi connectivity index (χ1n) is 5.03. The Morgan fingerprint density at radius 2 is 1.69 bits per heavy atom. The summed E-state index contributed by atoms with van der Waals surface area (Å²) in [5.74, 6) is 0. The van der Waals surface area contributed by atoms with Gasteiger partial charge in [-0.25, -0.2) is 0 Å². The Labute approximate surface area is 92.5 Å². The van der Waals surface area contributed by atoms with Gasteiger partial charge in [-0.2, -0.15) is 0 Å². The summed E-state index contributed by atoms with van der Waals surface area (Å²) in [4.78, 5) is 0. The van der Waals surface area contributed by atoms with Crippen molar-refractivity contribution >= 4 is 0 Å². The van der Waals surface area contributed by atoms with E-state index in [0.29, 0.717) is 12.0 Å². The van der Waals surface area contributed by atoms with Crippen molar-refractivity contribution in [3.05, 3.63) is 35.4 Å². The van der Waals surface area contributed by atoms with Gasteiger partial charge in [-0.3, -0.25) is 0 Å². The van der Waals surface area contributed by atoms with E-state index in [2.05, 4.69) is 0 Å². The summed E-state index contributed by atoms with van der Waals surface area (Å²) in [6.07, 6.45) is -3.37. The lowest BCUT2D eigenvalue weighted by Crippen LogP contribution is -2.54. The number of benzene rings is 1. The molecule has 0 saturated heterocycles. The molecule has 1 aromatic rings. The minimum Gasteiger partial charge on any atom is -0.365 e. The molecule has 88 valence electrons. The summed E-state index contributed by atoms with van der Waals surface area (Å²) in [5, 5.41) is 37.4. The van der Waals surface area contributed by atoms with Crippen molar-refractivity contribution in [2.24, 2.45) is 0 Å². The van der Waals surface area contributed by atoms with Gasteiger partial charge in [0.15, 0.2) is 18.2 Å². The maximum Gasteiger partial charge on any atom is 0.194 e. The highest BCUT2D eigenvalue weighted by Crippen LogP contribution is 2.37. The van der Waals surface area contributed by atoms with Gasteiger partial charge < -0.3 is 25.2 Å². The molecule has 5 nitrogen and oxygen atoms in total. The minimum absolute atomic E-state index is 0.215. The molecule has 0 aromatic heterocycles. The molecular weight excluding hydrogens is 212 g/mol. The van der Waals surface area contributed by atoms with E-state index in [4.69, 9.17) is 4.74 Å². The number of hydrogen-bond acceptors (Lipinski definition) is 5. The van der Waals surface area contributed by atoms with Crippen LogP contribution in [0.25, 0.3) is 0 Å². The highest BCUT2D eigenvalue weighted by Gasteiger charge is 2.49. The van der Waals surface area contributed by atoms with Crippen molar-refractivity contribution in [3.63, 3.8) is 0 Å². The molecule has 5 heteroatoms. The topological polar surface area (TPSA) is 90.2 Å². The maximum atomic E-state index is 9.36. The molecule has 1 aliphatic rings. The lowest BCUT2D eigenvalue weighted by Gasteiger charge is -2.41. The molecule has 16 heavy (non-hydrogen) atoms. The van der Waals surface area contributed by atoms with Gasteiger partial charge in [0.25, 0.3) is 0 Å². The molecule has 0 bridgehead atoms. The molecule has 0 amide bonds. The summed E-state index contributed by atoms with van der Waals surface area (Å²) in [6, 6.07) is 6.90. The summed E-state index contributed by atoms with van der Waals surface area (Å²) in [7, 11) is 0. The van der Waals surface area contributed by atoms with E-state index < -0.39 is 18.2 Å². The molecule has 0 spiro atoms. The Bertz CT molecular complexity index is 366. The second kappa shape index (κ2) is 4.12. The Morgan fingerprint density at radius 1 is 1.06 bits per heavy atom. The normalized spacial score (nSPS) is 18.9. The van der Waals surface area contributed by atoms with E-state index >= 15 is 0 Å². The average Bonchev–Trinajstić information content (AvgIpc) is 2.27. The van der Waals surface area contributed by atoms with Crippen molar-refractivity contribution in [1.29, 1.82) is 0 Å². The van der Waals surface area contributed by atoms with Crippen LogP contribution in [0.3, 0.4) is 0 Å². The molecule has 1 heterocycles. The second-order valence-electron chi connectivity index (χ2n) is 3.80. The predicted molar refractivity (Wildman–Crippen MR) is 54.2 cm³/mol. The van der Waals surface area contributed by atoms with Crippen LogP contribution in [0.5, 0.6) is 0 Å². The fourth-order valence-corrected chi connectivity index (χ4v) is 2.09. The van der Waals surface area contributed by atoms with Gasteiger partial charge in [-0.1, -0.05) is 24.3 Å². The third-order valence-corrected chi connectivity index (χ3v) is 2.92. The molecule has 0 radical (unpaired) electrons. The number of aliphatic hydroxyl groups excluding tert-OH is 2. The fraction of sp³-hybridized carbons (Fsp3) is 0.455. The van der Waals surface area contributed by atoms with E-state index in [1.807, 2.05) is 6.07 Å². The maximum absolute atomic E-state index is 9.36. The lowest BCUT2D eigenvalue weighted by atomic mass is 9.85. The number of aliphatic hydroxyl groups is 4. The average molecular weight is 226 g/mol. The van der Waals surface area contributed by atoms with Crippen LogP contribution in [0.15, 0.2) is 24.3 Å². The van der Waals surface area contributed by atoms with Crippen molar-refractivity contribution in [3.8, 4) is 0 Å². The van der Waals surface area contributed by atoms with Gasteiger partial charge in [0.1, 0.15) is 0 Å². The quantitative estimate of drug-likeness (QED) is 0.489. The lowest BCUT2D eigenvalue weighted by molar-refractivity contribution is -0.304. The molecule has 1 aromatic carbocycles. The first-order chi connectivity index (χ1) is 7.59. The third-order valence-electron chi connectivity index (χ3n) is 2.92. The van der Waals surface area contributed by atoms with Crippen molar-refractivity contribution in [2.45, 2.75) is 24.6 Å².